The smallest absolute Gasteiger partial charge is 0.159 e. The third-order valence-electron chi connectivity index (χ3n) is 3.62. The van der Waals surface area contributed by atoms with Gasteiger partial charge < -0.3 is 10.5 Å². The Labute approximate surface area is 114 Å². The molecular formula is C15H22N2O2. The zero-order chi connectivity index (χ0) is 13.8. The van der Waals surface area contributed by atoms with Crippen LogP contribution in [-0.4, -0.2) is 36.9 Å². The first-order chi connectivity index (χ1) is 9.10. The van der Waals surface area contributed by atoms with Gasteiger partial charge in [-0.2, -0.15) is 0 Å². The second-order valence-corrected chi connectivity index (χ2v) is 5.22. The molecule has 0 aliphatic carbocycles. The van der Waals surface area contributed by atoms with Gasteiger partial charge in [-0.05, 0) is 44.5 Å². The van der Waals surface area contributed by atoms with Gasteiger partial charge in [-0.3, -0.25) is 9.69 Å². The van der Waals surface area contributed by atoms with Crippen molar-refractivity contribution in [3.05, 3.63) is 29.3 Å². The quantitative estimate of drug-likeness (QED) is 0.841. The second-order valence-electron chi connectivity index (χ2n) is 5.22. The predicted octanol–water partition coefficient (Wildman–Crippen LogP) is 1.82. The minimum Gasteiger partial charge on any atom is -0.496 e. The number of nitrogens with two attached hydrogens (primary N) is 1. The highest BCUT2D eigenvalue weighted by Crippen LogP contribution is 2.23. The maximum absolute atomic E-state index is 11.5. The van der Waals surface area contributed by atoms with Crippen molar-refractivity contribution < 1.29 is 9.53 Å². The molecule has 0 saturated carbocycles. The third-order valence-corrected chi connectivity index (χ3v) is 3.62. The summed E-state index contributed by atoms with van der Waals surface area (Å²) in [5.74, 6) is 0.920. The minimum absolute atomic E-state index is 0.0826. The summed E-state index contributed by atoms with van der Waals surface area (Å²) in [6.45, 7) is 4.34. The fraction of sp³-hybridized carbons (Fsp3) is 0.533. The number of carbonyl (C=O) groups excluding carboxylic acids is 1. The number of Topliss-reactive ketones (excluding diaryl/α,β-unsaturated/α-hetero) is 1. The average Bonchev–Trinajstić information content (AvgIpc) is 2.38. The van der Waals surface area contributed by atoms with Crippen LogP contribution in [0.2, 0.25) is 0 Å². The molecule has 0 amide bonds. The van der Waals surface area contributed by atoms with Gasteiger partial charge in [-0.15, -0.1) is 0 Å². The molecule has 1 aromatic carbocycles. The second kappa shape index (κ2) is 6.17. The first-order valence-corrected chi connectivity index (χ1v) is 6.76. The van der Waals surface area contributed by atoms with Crippen molar-refractivity contribution in [2.45, 2.75) is 32.4 Å². The summed E-state index contributed by atoms with van der Waals surface area (Å²) in [6.07, 6.45) is 2.23. The third kappa shape index (κ3) is 3.55. The van der Waals surface area contributed by atoms with Crippen molar-refractivity contribution in [2.75, 3.05) is 20.2 Å². The molecule has 19 heavy (non-hydrogen) atoms. The molecule has 2 rings (SSSR count). The topological polar surface area (TPSA) is 55.6 Å². The maximum Gasteiger partial charge on any atom is 0.159 e. The van der Waals surface area contributed by atoms with Gasteiger partial charge in [0.2, 0.25) is 0 Å². The number of piperidine rings is 1. The zero-order valence-corrected chi connectivity index (χ0v) is 11.7. The van der Waals surface area contributed by atoms with Gasteiger partial charge in [0.15, 0.2) is 5.78 Å². The van der Waals surface area contributed by atoms with Crippen molar-refractivity contribution in [1.82, 2.24) is 4.90 Å². The minimum atomic E-state index is 0.0826. The van der Waals surface area contributed by atoms with E-state index in [0.717, 1.165) is 49.4 Å². The Morgan fingerprint density at radius 3 is 2.95 bits per heavy atom. The zero-order valence-electron chi connectivity index (χ0n) is 11.7. The van der Waals surface area contributed by atoms with Crippen molar-refractivity contribution in [3.63, 3.8) is 0 Å². The van der Waals surface area contributed by atoms with Crippen molar-refractivity contribution >= 4 is 5.78 Å². The largest absolute Gasteiger partial charge is 0.496 e. The Morgan fingerprint density at radius 2 is 2.32 bits per heavy atom. The van der Waals surface area contributed by atoms with Gasteiger partial charge in [0.25, 0.3) is 0 Å². The Balaban J connectivity index is 2.17. The number of methoxy groups -OCH3 is 1. The van der Waals surface area contributed by atoms with E-state index in [1.54, 1.807) is 14.0 Å². The molecule has 1 unspecified atom stereocenters. The van der Waals surface area contributed by atoms with E-state index in [2.05, 4.69) is 4.90 Å². The number of hydrogen-bond donors (Lipinski definition) is 1. The molecule has 0 spiro atoms. The molecule has 1 aliphatic rings. The van der Waals surface area contributed by atoms with Crippen LogP contribution in [0.3, 0.4) is 0 Å². The lowest BCUT2D eigenvalue weighted by atomic mass is 10.0. The first-order valence-electron chi connectivity index (χ1n) is 6.76. The van der Waals surface area contributed by atoms with Gasteiger partial charge in [0.05, 0.1) is 7.11 Å². The van der Waals surface area contributed by atoms with Crippen molar-refractivity contribution in [1.29, 1.82) is 0 Å². The fourth-order valence-electron chi connectivity index (χ4n) is 2.60. The Bertz CT molecular complexity index is 459. The van der Waals surface area contributed by atoms with E-state index in [1.807, 2.05) is 18.2 Å². The number of benzene rings is 1. The normalized spacial score (nSPS) is 20.3. The number of nitrogens with zero attached hydrogens (tertiary/aromatic N) is 1. The molecule has 2 N–H and O–H groups in total. The number of hydrogen-bond acceptors (Lipinski definition) is 4. The number of ether oxygens (including phenoxy) is 1. The summed E-state index contributed by atoms with van der Waals surface area (Å²) >= 11 is 0. The molecule has 1 aliphatic heterocycles. The van der Waals surface area contributed by atoms with Crippen LogP contribution in [0.15, 0.2) is 18.2 Å². The molecule has 4 heteroatoms. The predicted molar refractivity (Wildman–Crippen MR) is 75.5 cm³/mol. The number of rotatable bonds is 4. The summed E-state index contributed by atoms with van der Waals surface area (Å²) in [6, 6.07) is 5.87. The fourth-order valence-corrected chi connectivity index (χ4v) is 2.60. The highest BCUT2D eigenvalue weighted by atomic mass is 16.5. The van der Waals surface area contributed by atoms with E-state index in [-0.39, 0.29) is 11.8 Å². The molecule has 0 bridgehead atoms. The molecule has 1 atom stereocenters. The summed E-state index contributed by atoms with van der Waals surface area (Å²) in [7, 11) is 1.66. The van der Waals surface area contributed by atoms with Crippen LogP contribution in [0.4, 0.5) is 0 Å². The van der Waals surface area contributed by atoms with Gasteiger partial charge in [0.1, 0.15) is 5.75 Å². The van der Waals surface area contributed by atoms with E-state index in [1.165, 1.54) is 0 Å². The Kier molecular flexibility index (Phi) is 4.56. The van der Waals surface area contributed by atoms with Gasteiger partial charge in [-0.1, -0.05) is 0 Å². The van der Waals surface area contributed by atoms with Crippen LogP contribution >= 0.6 is 0 Å². The highest BCUT2D eigenvalue weighted by Gasteiger charge is 2.18. The van der Waals surface area contributed by atoms with E-state index >= 15 is 0 Å². The lowest BCUT2D eigenvalue weighted by Gasteiger charge is -2.31. The van der Waals surface area contributed by atoms with Crippen LogP contribution in [-0.2, 0) is 6.54 Å². The molecule has 1 fully saturated rings. The molecule has 4 nitrogen and oxygen atoms in total. The first kappa shape index (κ1) is 14.0. The number of likely N-dealkylation sites (tertiary alicyclic amines) is 1. The van der Waals surface area contributed by atoms with E-state index < -0.39 is 0 Å². The molecule has 104 valence electrons. The molecule has 0 radical (unpaired) electrons. The van der Waals surface area contributed by atoms with Crippen molar-refractivity contribution in [2.24, 2.45) is 5.73 Å². The SMILES string of the molecule is COc1ccc(C(C)=O)cc1CN1CCCC(N)C1. The van der Waals surface area contributed by atoms with Gasteiger partial charge in [0, 0.05) is 30.3 Å². The Morgan fingerprint density at radius 1 is 1.53 bits per heavy atom. The van der Waals surface area contributed by atoms with Crippen LogP contribution in [0, 0.1) is 0 Å². The molecule has 1 aromatic rings. The number of carbonyl (C=O) groups is 1. The van der Waals surface area contributed by atoms with E-state index in [4.69, 9.17) is 10.5 Å². The number of ketones is 1. The van der Waals surface area contributed by atoms with Crippen LogP contribution in [0.25, 0.3) is 0 Å². The van der Waals surface area contributed by atoms with Crippen molar-refractivity contribution in [3.8, 4) is 5.75 Å². The lowest BCUT2D eigenvalue weighted by molar-refractivity contribution is 0.101. The van der Waals surface area contributed by atoms with Gasteiger partial charge >= 0.3 is 0 Å². The van der Waals surface area contributed by atoms with Crippen LogP contribution in [0.5, 0.6) is 5.75 Å². The van der Waals surface area contributed by atoms with E-state index in [0.29, 0.717) is 0 Å². The van der Waals surface area contributed by atoms with Crippen LogP contribution < -0.4 is 10.5 Å². The van der Waals surface area contributed by atoms with Gasteiger partial charge in [-0.25, -0.2) is 0 Å². The molecule has 0 aromatic heterocycles. The Hall–Kier alpha value is -1.39. The monoisotopic (exact) mass is 262 g/mol. The average molecular weight is 262 g/mol. The summed E-state index contributed by atoms with van der Waals surface area (Å²) < 4.78 is 5.38. The molecular weight excluding hydrogens is 240 g/mol. The molecule has 1 saturated heterocycles. The summed E-state index contributed by atoms with van der Waals surface area (Å²) in [5, 5.41) is 0. The standard InChI is InChI=1S/C15H22N2O2/c1-11(18)12-5-6-15(19-2)13(8-12)9-17-7-3-4-14(16)10-17/h5-6,8,14H,3-4,7,9-10,16H2,1-2H3. The summed E-state index contributed by atoms with van der Waals surface area (Å²) in [5.41, 5.74) is 7.79. The van der Waals surface area contributed by atoms with Crippen LogP contribution in [0.1, 0.15) is 35.7 Å². The summed E-state index contributed by atoms with van der Waals surface area (Å²) in [4.78, 5) is 13.8. The lowest BCUT2D eigenvalue weighted by Crippen LogP contribution is -2.42. The van der Waals surface area contributed by atoms with E-state index in [9.17, 15) is 4.79 Å². The molecule has 1 heterocycles. The highest BCUT2D eigenvalue weighted by molar-refractivity contribution is 5.94. The maximum atomic E-state index is 11.5.